The largest absolute Gasteiger partial charge is 0.375 e. The molecule has 4 nitrogen and oxygen atoms in total. The van der Waals surface area contributed by atoms with E-state index in [1.165, 1.54) is 0 Å². The molecule has 1 heterocycles. The Labute approximate surface area is 119 Å². The van der Waals surface area contributed by atoms with Crippen molar-refractivity contribution in [2.24, 2.45) is 0 Å². The van der Waals surface area contributed by atoms with E-state index in [0.717, 1.165) is 37.4 Å². The van der Waals surface area contributed by atoms with Gasteiger partial charge in [0.15, 0.2) is 0 Å². The van der Waals surface area contributed by atoms with Crippen molar-refractivity contribution in [2.75, 3.05) is 45.1 Å². The quantitative estimate of drug-likeness (QED) is 0.918. The van der Waals surface area contributed by atoms with E-state index >= 15 is 0 Å². The first kappa shape index (κ1) is 14.2. The number of piperazine rings is 1. The molecule has 19 heavy (non-hydrogen) atoms. The highest BCUT2D eigenvalue weighted by Crippen LogP contribution is 2.24. The first-order chi connectivity index (χ1) is 9.08. The Bertz CT molecular complexity index is 436. The molecule has 1 fully saturated rings. The molecule has 1 saturated heterocycles. The summed E-state index contributed by atoms with van der Waals surface area (Å²) >= 11 is 6.12. The molecule has 1 aliphatic rings. The lowest BCUT2D eigenvalue weighted by atomic mass is 10.2. The number of hydrogen-bond acceptors (Lipinski definition) is 3. The number of para-hydroxylation sites is 1. The first-order valence-corrected chi connectivity index (χ1v) is 6.91. The van der Waals surface area contributed by atoms with Crippen LogP contribution >= 0.6 is 11.6 Å². The average molecular weight is 282 g/mol. The van der Waals surface area contributed by atoms with Gasteiger partial charge in [-0.25, -0.2) is 0 Å². The third-order valence-electron chi connectivity index (χ3n) is 3.49. The van der Waals surface area contributed by atoms with Gasteiger partial charge >= 0.3 is 0 Å². The molecule has 2 rings (SSSR count). The van der Waals surface area contributed by atoms with Crippen LogP contribution in [0.15, 0.2) is 18.2 Å². The van der Waals surface area contributed by atoms with E-state index in [0.29, 0.717) is 11.6 Å². The fourth-order valence-electron chi connectivity index (χ4n) is 2.19. The maximum Gasteiger partial charge on any atom is 0.241 e. The van der Waals surface area contributed by atoms with Crippen LogP contribution in [0.3, 0.4) is 0 Å². The molecule has 0 spiro atoms. The van der Waals surface area contributed by atoms with E-state index in [4.69, 9.17) is 11.6 Å². The molecule has 0 radical (unpaired) electrons. The van der Waals surface area contributed by atoms with Crippen LogP contribution in [0.25, 0.3) is 0 Å². The van der Waals surface area contributed by atoms with E-state index in [9.17, 15) is 4.79 Å². The summed E-state index contributed by atoms with van der Waals surface area (Å²) in [6.45, 7) is 5.77. The van der Waals surface area contributed by atoms with E-state index < -0.39 is 0 Å². The van der Waals surface area contributed by atoms with Crippen molar-refractivity contribution in [1.82, 2.24) is 9.80 Å². The molecule has 0 unspecified atom stereocenters. The normalized spacial score (nSPS) is 16.5. The maximum atomic E-state index is 12.1. The van der Waals surface area contributed by atoms with Gasteiger partial charge in [0.2, 0.25) is 5.91 Å². The second kappa shape index (κ2) is 6.26. The Kier molecular flexibility index (Phi) is 4.66. The molecule has 1 aliphatic heterocycles. The summed E-state index contributed by atoms with van der Waals surface area (Å²) in [7, 11) is 2.08. The van der Waals surface area contributed by atoms with Gasteiger partial charge in [0.25, 0.3) is 0 Å². The highest BCUT2D eigenvalue weighted by Gasteiger charge is 2.18. The zero-order valence-electron chi connectivity index (χ0n) is 11.4. The first-order valence-electron chi connectivity index (χ1n) is 6.53. The number of nitrogens with zero attached hydrogens (tertiary/aromatic N) is 2. The zero-order chi connectivity index (χ0) is 13.8. The topological polar surface area (TPSA) is 35.6 Å². The molecule has 1 aromatic rings. The zero-order valence-corrected chi connectivity index (χ0v) is 12.2. The van der Waals surface area contributed by atoms with Crippen molar-refractivity contribution in [1.29, 1.82) is 0 Å². The minimum atomic E-state index is 0.132. The van der Waals surface area contributed by atoms with Crippen LogP contribution in [0.1, 0.15) is 5.56 Å². The minimum absolute atomic E-state index is 0.132. The minimum Gasteiger partial charge on any atom is -0.375 e. The average Bonchev–Trinajstić information content (AvgIpc) is 2.38. The van der Waals surface area contributed by atoms with Crippen LogP contribution in [0.4, 0.5) is 5.69 Å². The van der Waals surface area contributed by atoms with Crippen LogP contribution in [0.2, 0.25) is 5.02 Å². The molecular weight excluding hydrogens is 262 g/mol. The number of halogens is 1. The molecule has 0 aliphatic carbocycles. The molecule has 0 saturated carbocycles. The van der Waals surface area contributed by atoms with Crippen LogP contribution in [-0.2, 0) is 4.79 Å². The van der Waals surface area contributed by atoms with E-state index in [2.05, 4.69) is 17.3 Å². The van der Waals surface area contributed by atoms with Crippen molar-refractivity contribution in [3.8, 4) is 0 Å². The lowest BCUT2D eigenvalue weighted by molar-refractivity contribution is -0.130. The Morgan fingerprint density at radius 3 is 2.63 bits per heavy atom. The van der Waals surface area contributed by atoms with Crippen LogP contribution in [-0.4, -0.2) is 55.5 Å². The van der Waals surface area contributed by atoms with Crippen LogP contribution in [0, 0.1) is 6.92 Å². The number of likely N-dealkylation sites (N-methyl/N-ethyl adjacent to an activating group) is 1. The van der Waals surface area contributed by atoms with Crippen LogP contribution < -0.4 is 5.32 Å². The molecular formula is C14H20ClN3O. The van der Waals surface area contributed by atoms with Gasteiger partial charge in [-0.1, -0.05) is 23.7 Å². The summed E-state index contributed by atoms with van der Waals surface area (Å²) in [5, 5.41) is 3.81. The number of rotatable bonds is 3. The van der Waals surface area contributed by atoms with E-state index in [-0.39, 0.29) is 5.91 Å². The van der Waals surface area contributed by atoms with Gasteiger partial charge in [-0.15, -0.1) is 0 Å². The predicted molar refractivity (Wildman–Crippen MR) is 78.8 cm³/mol. The van der Waals surface area contributed by atoms with Crippen molar-refractivity contribution in [3.63, 3.8) is 0 Å². The van der Waals surface area contributed by atoms with Gasteiger partial charge in [-0.2, -0.15) is 0 Å². The molecule has 5 heteroatoms. The smallest absolute Gasteiger partial charge is 0.241 e. The highest BCUT2D eigenvalue weighted by atomic mass is 35.5. The Morgan fingerprint density at radius 1 is 1.32 bits per heavy atom. The summed E-state index contributed by atoms with van der Waals surface area (Å²) < 4.78 is 0. The van der Waals surface area contributed by atoms with Gasteiger partial charge in [0, 0.05) is 26.2 Å². The van der Waals surface area contributed by atoms with Crippen molar-refractivity contribution >= 4 is 23.2 Å². The molecule has 1 aromatic carbocycles. The number of carbonyl (C=O) groups is 1. The number of benzene rings is 1. The monoisotopic (exact) mass is 281 g/mol. The highest BCUT2D eigenvalue weighted by molar-refractivity contribution is 6.33. The summed E-state index contributed by atoms with van der Waals surface area (Å²) in [4.78, 5) is 16.2. The summed E-state index contributed by atoms with van der Waals surface area (Å²) in [6, 6.07) is 5.72. The Hall–Kier alpha value is -1.26. The lowest BCUT2D eigenvalue weighted by Crippen LogP contribution is -2.48. The molecule has 0 bridgehead atoms. The van der Waals surface area contributed by atoms with E-state index in [1.54, 1.807) is 0 Å². The van der Waals surface area contributed by atoms with Crippen molar-refractivity contribution in [2.45, 2.75) is 6.92 Å². The van der Waals surface area contributed by atoms with Crippen molar-refractivity contribution < 1.29 is 4.79 Å². The molecule has 0 aromatic heterocycles. The van der Waals surface area contributed by atoms with Gasteiger partial charge in [-0.05, 0) is 25.6 Å². The van der Waals surface area contributed by atoms with Crippen LogP contribution in [0.5, 0.6) is 0 Å². The Balaban J connectivity index is 1.90. The van der Waals surface area contributed by atoms with Crippen molar-refractivity contribution in [3.05, 3.63) is 28.8 Å². The van der Waals surface area contributed by atoms with E-state index in [1.807, 2.05) is 30.0 Å². The second-order valence-electron chi connectivity index (χ2n) is 4.97. The number of hydrogen-bond donors (Lipinski definition) is 1. The number of aryl methyl sites for hydroxylation is 1. The summed E-state index contributed by atoms with van der Waals surface area (Å²) in [5.74, 6) is 0.132. The van der Waals surface area contributed by atoms with Gasteiger partial charge in [0.05, 0.1) is 17.3 Å². The number of anilines is 1. The van der Waals surface area contributed by atoms with Gasteiger partial charge in [-0.3, -0.25) is 4.79 Å². The number of carbonyl (C=O) groups excluding carboxylic acids is 1. The predicted octanol–water partition coefficient (Wildman–Crippen LogP) is 1.83. The number of nitrogens with one attached hydrogen (secondary N) is 1. The third-order valence-corrected chi connectivity index (χ3v) is 3.81. The summed E-state index contributed by atoms with van der Waals surface area (Å²) in [5.41, 5.74) is 1.91. The standard InChI is InChI=1S/C14H20ClN3O/c1-11-4-3-5-12(15)14(11)16-10-13(19)18-8-6-17(2)7-9-18/h3-5,16H,6-10H2,1-2H3. The SMILES string of the molecule is Cc1cccc(Cl)c1NCC(=O)N1CCN(C)CC1. The van der Waals surface area contributed by atoms with Gasteiger partial charge < -0.3 is 15.1 Å². The third kappa shape index (κ3) is 3.61. The fraction of sp³-hybridized carbons (Fsp3) is 0.500. The summed E-state index contributed by atoms with van der Waals surface area (Å²) in [6.07, 6.45) is 0. The number of amides is 1. The molecule has 104 valence electrons. The molecule has 0 atom stereocenters. The molecule has 1 N–H and O–H groups in total. The Morgan fingerprint density at radius 2 is 2.00 bits per heavy atom. The lowest BCUT2D eigenvalue weighted by Gasteiger charge is -2.32. The molecule has 1 amide bonds. The second-order valence-corrected chi connectivity index (χ2v) is 5.38. The van der Waals surface area contributed by atoms with Gasteiger partial charge in [0.1, 0.15) is 0 Å². The fourth-order valence-corrected chi connectivity index (χ4v) is 2.48. The maximum absolute atomic E-state index is 12.1.